The first-order valence-electron chi connectivity index (χ1n) is 12.9. The van der Waals surface area contributed by atoms with Crippen molar-refractivity contribution in [2.45, 2.75) is 90.4 Å². The summed E-state index contributed by atoms with van der Waals surface area (Å²) in [4.78, 5) is 41.5. The van der Waals surface area contributed by atoms with Crippen LogP contribution in [0.25, 0.3) is 0 Å². The van der Waals surface area contributed by atoms with Gasteiger partial charge in [-0.2, -0.15) is 5.10 Å². The molecule has 8 heteroatoms. The molecule has 1 aliphatic carbocycles. The Hall–Kier alpha value is -3.16. The quantitative estimate of drug-likeness (QED) is 0.576. The Morgan fingerprint density at radius 2 is 1.80 bits per heavy atom. The number of benzene rings is 1. The molecule has 2 aliphatic rings. The van der Waals surface area contributed by atoms with E-state index in [9.17, 15) is 14.4 Å². The van der Waals surface area contributed by atoms with Crippen LogP contribution < -0.4 is 10.6 Å². The van der Waals surface area contributed by atoms with E-state index in [-0.39, 0.29) is 36.0 Å². The van der Waals surface area contributed by atoms with Gasteiger partial charge in [-0.3, -0.25) is 19.1 Å². The Morgan fingerprint density at radius 3 is 2.46 bits per heavy atom. The molecular formula is C27H37N5O3. The van der Waals surface area contributed by atoms with Crippen LogP contribution in [0.4, 0.5) is 0 Å². The molecule has 188 valence electrons. The van der Waals surface area contributed by atoms with Crippen molar-refractivity contribution in [3.63, 3.8) is 0 Å². The highest BCUT2D eigenvalue weighted by Crippen LogP contribution is 2.29. The average Bonchev–Trinajstić information content (AvgIpc) is 3.53. The lowest BCUT2D eigenvalue weighted by molar-refractivity contribution is -0.133. The fourth-order valence-electron chi connectivity index (χ4n) is 5.00. The molecule has 2 heterocycles. The minimum Gasteiger partial charge on any atom is -0.351 e. The maximum Gasteiger partial charge on any atom is 0.273 e. The Morgan fingerprint density at radius 1 is 1.11 bits per heavy atom. The zero-order chi connectivity index (χ0) is 25.0. The Labute approximate surface area is 207 Å². The second kappa shape index (κ2) is 10.6. The number of hydrogen-bond donors (Lipinski definition) is 2. The van der Waals surface area contributed by atoms with Crippen LogP contribution >= 0.6 is 0 Å². The summed E-state index contributed by atoms with van der Waals surface area (Å²) in [5.41, 5.74) is 1.73. The molecule has 0 spiro atoms. The van der Waals surface area contributed by atoms with Gasteiger partial charge in [0.2, 0.25) is 5.91 Å². The van der Waals surface area contributed by atoms with Gasteiger partial charge in [-0.15, -0.1) is 0 Å². The molecule has 1 fully saturated rings. The highest BCUT2D eigenvalue weighted by molar-refractivity contribution is 6.01. The van der Waals surface area contributed by atoms with Gasteiger partial charge in [0.25, 0.3) is 11.8 Å². The summed E-state index contributed by atoms with van der Waals surface area (Å²) in [7, 11) is 0. The molecule has 1 aliphatic heterocycles. The van der Waals surface area contributed by atoms with Crippen LogP contribution in [0.3, 0.4) is 0 Å². The third kappa shape index (κ3) is 5.26. The molecule has 0 saturated heterocycles. The molecule has 1 aromatic carbocycles. The van der Waals surface area contributed by atoms with Crippen LogP contribution in [0.15, 0.2) is 30.3 Å². The predicted molar refractivity (Wildman–Crippen MR) is 134 cm³/mol. The fourth-order valence-corrected chi connectivity index (χ4v) is 5.00. The van der Waals surface area contributed by atoms with Crippen molar-refractivity contribution in [3.05, 3.63) is 52.8 Å². The molecule has 1 saturated carbocycles. The molecule has 1 atom stereocenters. The number of amides is 3. The van der Waals surface area contributed by atoms with Crippen LogP contribution in [-0.4, -0.2) is 50.5 Å². The number of carbonyl (C=O) groups excluding carboxylic acids is 3. The largest absolute Gasteiger partial charge is 0.351 e. The van der Waals surface area contributed by atoms with Crippen molar-refractivity contribution >= 4 is 17.7 Å². The molecule has 2 N–H and O–H groups in total. The third-order valence-electron chi connectivity index (χ3n) is 7.33. The van der Waals surface area contributed by atoms with Gasteiger partial charge in [-0.05, 0) is 43.7 Å². The number of fused-ring (bicyclic) bond motifs is 1. The number of unbranched alkanes of at least 4 members (excludes halogenated alkanes) is 1. The summed E-state index contributed by atoms with van der Waals surface area (Å²) in [5, 5.41) is 10.5. The highest BCUT2D eigenvalue weighted by Gasteiger charge is 2.48. The average molecular weight is 480 g/mol. The minimum atomic E-state index is -1.05. The third-order valence-corrected chi connectivity index (χ3v) is 7.33. The fraction of sp³-hybridized carbons (Fsp3) is 0.556. The first-order chi connectivity index (χ1) is 16.9. The monoisotopic (exact) mass is 479 g/mol. The van der Waals surface area contributed by atoms with Crippen LogP contribution in [0.5, 0.6) is 0 Å². The molecule has 1 aromatic heterocycles. The van der Waals surface area contributed by atoms with E-state index >= 15 is 0 Å². The maximum atomic E-state index is 13.5. The molecule has 4 rings (SSSR count). The normalized spacial score (nSPS) is 20.1. The van der Waals surface area contributed by atoms with E-state index in [1.165, 1.54) is 10.2 Å². The number of rotatable bonds is 9. The smallest absolute Gasteiger partial charge is 0.273 e. The Kier molecular flexibility index (Phi) is 7.57. The molecule has 2 aromatic rings. The second-order valence-electron chi connectivity index (χ2n) is 9.96. The second-order valence-corrected chi connectivity index (χ2v) is 9.96. The molecular weight excluding hydrogens is 442 g/mol. The van der Waals surface area contributed by atoms with E-state index < -0.39 is 5.54 Å². The molecule has 0 radical (unpaired) electrons. The first kappa shape index (κ1) is 24.9. The van der Waals surface area contributed by atoms with Crippen molar-refractivity contribution < 1.29 is 14.4 Å². The first-order valence-corrected chi connectivity index (χ1v) is 12.9. The van der Waals surface area contributed by atoms with Gasteiger partial charge in [0.15, 0.2) is 5.69 Å². The summed E-state index contributed by atoms with van der Waals surface area (Å²) in [6.07, 6.45) is 6.86. The van der Waals surface area contributed by atoms with Gasteiger partial charge in [-0.25, -0.2) is 0 Å². The van der Waals surface area contributed by atoms with Crippen LogP contribution in [-0.2, 0) is 24.3 Å². The van der Waals surface area contributed by atoms with Crippen LogP contribution in [0.2, 0.25) is 0 Å². The highest BCUT2D eigenvalue weighted by atomic mass is 16.2. The van der Waals surface area contributed by atoms with E-state index in [4.69, 9.17) is 0 Å². The SMILES string of the molecule is CCCCN1C(=O)c2cc(C(=O)NCc3ccc(CC)cc3)nn2C[C@]1(C)C(=O)NC1CCCC1. The van der Waals surface area contributed by atoms with E-state index in [2.05, 4.69) is 41.7 Å². The summed E-state index contributed by atoms with van der Waals surface area (Å²) in [6, 6.07) is 9.82. The standard InChI is InChI=1S/C27H37N5O3/c1-4-6-15-31-25(34)23-16-22(24(33)28-17-20-13-11-19(5-2)12-14-20)30-32(23)18-27(31,3)26(35)29-21-9-7-8-10-21/h11-14,16,21H,4-10,15,17-18H2,1-3H3,(H,28,33)(H,29,35)/t27-/m1/s1. The Balaban J connectivity index is 1.52. The lowest BCUT2D eigenvalue weighted by atomic mass is 9.94. The van der Waals surface area contributed by atoms with E-state index in [0.29, 0.717) is 18.8 Å². The molecule has 8 nitrogen and oxygen atoms in total. The van der Waals surface area contributed by atoms with E-state index in [1.807, 2.05) is 19.1 Å². The van der Waals surface area contributed by atoms with Crippen molar-refractivity contribution in [2.24, 2.45) is 0 Å². The zero-order valence-corrected chi connectivity index (χ0v) is 21.1. The van der Waals surface area contributed by atoms with Crippen molar-refractivity contribution in [1.82, 2.24) is 25.3 Å². The number of carbonyl (C=O) groups is 3. The van der Waals surface area contributed by atoms with E-state index in [0.717, 1.165) is 50.5 Å². The van der Waals surface area contributed by atoms with E-state index in [1.54, 1.807) is 11.0 Å². The Bertz CT molecular complexity index is 1070. The van der Waals surface area contributed by atoms with Gasteiger partial charge in [0.1, 0.15) is 11.2 Å². The predicted octanol–water partition coefficient (Wildman–Crippen LogP) is 3.45. The van der Waals surface area contributed by atoms with Crippen molar-refractivity contribution in [3.8, 4) is 0 Å². The lowest BCUT2D eigenvalue weighted by Crippen LogP contribution is -2.65. The number of nitrogens with zero attached hydrogens (tertiary/aromatic N) is 3. The molecule has 3 amide bonds. The topological polar surface area (TPSA) is 96.3 Å². The number of nitrogens with one attached hydrogen (secondary N) is 2. The zero-order valence-electron chi connectivity index (χ0n) is 21.1. The van der Waals surface area contributed by atoms with Gasteiger partial charge in [0, 0.05) is 25.2 Å². The molecule has 0 bridgehead atoms. The van der Waals surface area contributed by atoms with Gasteiger partial charge in [0.05, 0.1) is 6.54 Å². The van der Waals surface area contributed by atoms with Crippen molar-refractivity contribution in [2.75, 3.05) is 6.54 Å². The van der Waals surface area contributed by atoms with Gasteiger partial charge >= 0.3 is 0 Å². The van der Waals surface area contributed by atoms with Gasteiger partial charge < -0.3 is 15.5 Å². The van der Waals surface area contributed by atoms with Crippen LogP contribution in [0.1, 0.15) is 91.4 Å². The van der Waals surface area contributed by atoms with Gasteiger partial charge in [-0.1, -0.05) is 57.4 Å². The molecule has 35 heavy (non-hydrogen) atoms. The number of aromatic nitrogens is 2. The van der Waals surface area contributed by atoms with Crippen molar-refractivity contribution in [1.29, 1.82) is 0 Å². The lowest BCUT2D eigenvalue weighted by Gasteiger charge is -2.43. The van der Waals surface area contributed by atoms with Crippen LogP contribution in [0, 0.1) is 0 Å². The summed E-state index contributed by atoms with van der Waals surface area (Å²) >= 11 is 0. The molecule has 0 unspecified atom stereocenters. The maximum absolute atomic E-state index is 13.5. The summed E-state index contributed by atoms with van der Waals surface area (Å²) in [6.45, 7) is 7.07. The number of hydrogen-bond acceptors (Lipinski definition) is 4. The summed E-state index contributed by atoms with van der Waals surface area (Å²) < 4.78 is 1.53. The number of aryl methyl sites for hydroxylation is 1. The summed E-state index contributed by atoms with van der Waals surface area (Å²) in [5.74, 6) is -0.733. The minimum absolute atomic E-state index is 0.142.